The van der Waals surface area contributed by atoms with Crippen LogP contribution in [0.1, 0.15) is 24.1 Å². The fourth-order valence-electron chi connectivity index (χ4n) is 2.32. The predicted molar refractivity (Wildman–Crippen MR) is 70.8 cm³/mol. The molecule has 4 heteroatoms. The van der Waals surface area contributed by atoms with Crippen LogP contribution in [0.4, 0.5) is 5.69 Å². The van der Waals surface area contributed by atoms with Crippen molar-refractivity contribution in [1.29, 1.82) is 0 Å². The molecule has 1 aliphatic heterocycles. The minimum Gasteiger partial charge on any atom is -0.380 e. The van der Waals surface area contributed by atoms with E-state index in [1.807, 2.05) is 13.1 Å². The monoisotopic (exact) mass is 254 g/mol. The molecule has 1 fully saturated rings. The van der Waals surface area contributed by atoms with E-state index in [0.29, 0.717) is 12.0 Å². The molecule has 94 valence electrons. The van der Waals surface area contributed by atoms with Gasteiger partial charge in [-0.15, -0.1) is 11.6 Å². The molecule has 0 aromatic carbocycles. The van der Waals surface area contributed by atoms with Crippen LogP contribution < -0.4 is 4.90 Å². The molecular formula is C13H19ClN2O. The fraction of sp³-hybridized carbons (Fsp3) is 0.615. The first kappa shape index (κ1) is 12.7. The number of pyridine rings is 1. The van der Waals surface area contributed by atoms with Crippen LogP contribution in [0.15, 0.2) is 12.3 Å². The van der Waals surface area contributed by atoms with Gasteiger partial charge in [-0.1, -0.05) is 0 Å². The van der Waals surface area contributed by atoms with Crippen LogP contribution in [-0.4, -0.2) is 31.3 Å². The predicted octanol–water partition coefficient (Wildman–Crippen LogP) is 2.74. The second-order valence-corrected chi connectivity index (χ2v) is 4.80. The summed E-state index contributed by atoms with van der Waals surface area (Å²) in [6.07, 6.45) is 4.53. The molecule has 2 heterocycles. The van der Waals surface area contributed by atoms with Crippen molar-refractivity contribution in [3.05, 3.63) is 23.5 Å². The van der Waals surface area contributed by atoms with E-state index in [1.165, 1.54) is 12.1 Å². The Kier molecular flexibility index (Phi) is 4.24. The summed E-state index contributed by atoms with van der Waals surface area (Å²) in [6.45, 7) is 4.04. The summed E-state index contributed by atoms with van der Waals surface area (Å²) in [5.41, 5.74) is 3.36. The summed E-state index contributed by atoms with van der Waals surface area (Å²) in [4.78, 5) is 6.67. The lowest BCUT2D eigenvalue weighted by Gasteiger charge is -2.34. The van der Waals surface area contributed by atoms with E-state index in [4.69, 9.17) is 16.3 Å². The van der Waals surface area contributed by atoms with Gasteiger partial charge in [0.15, 0.2) is 0 Å². The first-order valence-electron chi connectivity index (χ1n) is 6.04. The lowest BCUT2D eigenvalue weighted by molar-refractivity contribution is 0.0893. The summed E-state index contributed by atoms with van der Waals surface area (Å²) < 4.78 is 5.46. The first-order chi connectivity index (χ1) is 8.24. The van der Waals surface area contributed by atoms with Gasteiger partial charge >= 0.3 is 0 Å². The molecule has 0 bridgehead atoms. The number of halogens is 1. The normalized spacial score (nSPS) is 20.6. The lowest BCUT2D eigenvalue weighted by Crippen LogP contribution is -2.39. The molecule has 1 atom stereocenters. The summed E-state index contributed by atoms with van der Waals surface area (Å²) in [7, 11) is 1.79. The Labute approximate surface area is 108 Å². The number of rotatable bonds is 3. The highest BCUT2D eigenvalue weighted by Crippen LogP contribution is 2.26. The molecule has 1 saturated heterocycles. The van der Waals surface area contributed by atoms with E-state index in [9.17, 15) is 0 Å². The molecule has 0 N–H and O–H groups in total. The second-order valence-electron chi connectivity index (χ2n) is 4.53. The third-order valence-electron chi connectivity index (χ3n) is 3.29. The van der Waals surface area contributed by atoms with Crippen molar-refractivity contribution in [2.75, 3.05) is 25.1 Å². The number of anilines is 1. The number of nitrogens with zero attached hydrogens (tertiary/aromatic N) is 2. The largest absolute Gasteiger partial charge is 0.380 e. The zero-order chi connectivity index (χ0) is 12.3. The van der Waals surface area contributed by atoms with Gasteiger partial charge in [0.1, 0.15) is 0 Å². The average Bonchev–Trinajstić information content (AvgIpc) is 2.39. The fourth-order valence-corrected chi connectivity index (χ4v) is 2.53. The maximum atomic E-state index is 5.98. The Hall–Kier alpha value is -0.800. The van der Waals surface area contributed by atoms with Crippen molar-refractivity contribution in [2.24, 2.45) is 0 Å². The molecular weight excluding hydrogens is 236 g/mol. The molecule has 17 heavy (non-hydrogen) atoms. The van der Waals surface area contributed by atoms with Gasteiger partial charge in [-0.25, -0.2) is 0 Å². The van der Waals surface area contributed by atoms with Gasteiger partial charge in [-0.05, 0) is 25.8 Å². The van der Waals surface area contributed by atoms with Crippen molar-refractivity contribution in [1.82, 2.24) is 4.98 Å². The maximum Gasteiger partial charge on any atom is 0.0746 e. The summed E-state index contributed by atoms with van der Waals surface area (Å²) in [5, 5.41) is 0. The second kappa shape index (κ2) is 5.69. The highest BCUT2D eigenvalue weighted by Gasteiger charge is 2.21. The Morgan fingerprint density at radius 3 is 3.12 bits per heavy atom. The molecule has 0 radical (unpaired) electrons. The van der Waals surface area contributed by atoms with Gasteiger partial charge in [0.2, 0.25) is 0 Å². The van der Waals surface area contributed by atoms with E-state index in [-0.39, 0.29) is 0 Å². The molecule has 2 rings (SSSR count). The molecule has 0 spiro atoms. The number of hydrogen-bond acceptors (Lipinski definition) is 3. The number of alkyl halides is 1. The zero-order valence-corrected chi connectivity index (χ0v) is 11.2. The van der Waals surface area contributed by atoms with Crippen molar-refractivity contribution in [2.45, 2.75) is 31.7 Å². The molecule has 0 aliphatic carbocycles. The first-order valence-corrected chi connectivity index (χ1v) is 6.57. The molecule has 1 aromatic heterocycles. The van der Waals surface area contributed by atoms with Crippen LogP contribution in [0, 0.1) is 6.92 Å². The van der Waals surface area contributed by atoms with E-state index in [0.717, 1.165) is 30.8 Å². The molecule has 0 saturated carbocycles. The van der Waals surface area contributed by atoms with Crippen molar-refractivity contribution < 1.29 is 4.74 Å². The molecule has 3 nitrogen and oxygen atoms in total. The Morgan fingerprint density at radius 1 is 1.59 bits per heavy atom. The van der Waals surface area contributed by atoms with E-state index < -0.39 is 0 Å². The average molecular weight is 255 g/mol. The topological polar surface area (TPSA) is 25.4 Å². The standard InChI is InChI=1S/C13H19ClN2O/c1-10-6-13(11(7-14)8-15-10)16-5-3-4-12(9-16)17-2/h6,8,12H,3-5,7,9H2,1-2H3. The molecule has 1 aliphatic rings. The Bertz CT molecular complexity index is 384. The highest BCUT2D eigenvalue weighted by atomic mass is 35.5. The minimum absolute atomic E-state index is 0.334. The highest BCUT2D eigenvalue weighted by molar-refractivity contribution is 6.17. The van der Waals surface area contributed by atoms with Gasteiger partial charge in [-0.2, -0.15) is 0 Å². The third-order valence-corrected chi connectivity index (χ3v) is 3.58. The SMILES string of the molecule is COC1CCCN(c2cc(C)ncc2CCl)C1. The van der Waals surface area contributed by atoms with Crippen LogP contribution in [-0.2, 0) is 10.6 Å². The third kappa shape index (κ3) is 2.90. The summed E-state index contributed by atoms with van der Waals surface area (Å²) >= 11 is 5.98. The van der Waals surface area contributed by atoms with Crippen molar-refractivity contribution in [3.63, 3.8) is 0 Å². The van der Waals surface area contributed by atoms with Crippen molar-refractivity contribution in [3.8, 4) is 0 Å². The summed E-state index contributed by atoms with van der Waals surface area (Å²) in [5.74, 6) is 0.511. The van der Waals surface area contributed by atoms with Crippen LogP contribution in [0.2, 0.25) is 0 Å². The van der Waals surface area contributed by atoms with Gasteiger partial charge in [0, 0.05) is 43.3 Å². The molecule has 1 unspecified atom stereocenters. The quantitative estimate of drug-likeness (QED) is 0.776. The lowest BCUT2D eigenvalue weighted by atomic mass is 10.1. The van der Waals surface area contributed by atoms with Gasteiger partial charge in [0.25, 0.3) is 0 Å². The van der Waals surface area contributed by atoms with Crippen LogP contribution in [0.25, 0.3) is 0 Å². The summed E-state index contributed by atoms with van der Waals surface area (Å²) in [6, 6.07) is 2.12. The van der Waals surface area contributed by atoms with Gasteiger partial charge in [-0.3, -0.25) is 4.98 Å². The zero-order valence-electron chi connectivity index (χ0n) is 10.4. The number of methoxy groups -OCH3 is 1. The minimum atomic E-state index is 0.334. The van der Waals surface area contributed by atoms with Gasteiger partial charge in [0.05, 0.1) is 12.0 Å². The number of hydrogen-bond donors (Lipinski definition) is 0. The van der Waals surface area contributed by atoms with Crippen LogP contribution >= 0.6 is 11.6 Å². The maximum absolute atomic E-state index is 5.98. The van der Waals surface area contributed by atoms with Crippen molar-refractivity contribution >= 4 is 17.3 Å². The molecule has 0 amide bonds. The smallest absolute Gasteiger partial charge is 0.0746 e. The van der Waals surface area contributed by atoms with Gasteiger partial charge < -0.3 is 9.64 Å². The molecule has 1 aromatic rings. The number of piperidine rings is 1. The number of ether oxygens (including phenoxy) is 1. The number of aromatic nitrogens is 1. The van der Waals surface area contributed by atoms with Crippen LogP contribution in [0.3, 0.4) is 0 Å². The Morgan fingerprint density at radius 2 is 2.41 bits per heavy atom. The van der Waals surface area contributed by atoms with Crippen LogP contribution in [0.5, 0.6) is 0 Å². The number of aryl methyl sites for hydroxylation is 1. The van der Waals surface area contributed by atoms with E-state index >= 15 is 0 Å². The van der Waals surface area contributed by atoms with E-state index in [1.54, 1.807) is 7.11 Å². The van der Waals surface area contributed by atoms with E-state index in [2.05, 4.69) is 16.0 Å². The Balaban J connectivity index is 2.22.